The number of carbonyl (C=O) groups excluding carboxylic acids is 1. The number of esters is 1. The second-order valence-corrected chi connectivity index (χ2v) is 4.38. The number of morpholine rings is 1. The van der Waals surface area contributed by atoms with Crippen LogP contribution in [0.4, 0.5) is 10.2 Å². The second-order valence-electron chi connectivity index (χ2n) is 4.38. The zero-order valence-electron chi connectivity index (χ0n) is 11.4. The van der Waals surface area contributed by atoms with Crippen molar-refractivity contribution in [3.63, 3.8) is 0 Å². The lowest BCUT2D eigenvalue weighted by Crippen LogP contribution is -2.40. The summed E-state index contributed by atoms with van der Waals surface area (Å²) in [5.41, 5.74) is -0.805. The third kappa shape index (κ3) is 2.79. The zero-order valence-corrected chi connectivity index (χ0v) is 11.4. The Morgan fingerprint density at radius 3 is 2.70 bits per heavy atom. The minimum atomic E-state index is -0.914. The average molecular weight is 285 g/mol. The van der Waals surface area contributed by atoms with Crippen molar-refractivity contribution < 1.29 is 18.7 Å². The predicted molar refractivity (Wildman–Crippen MR) is 68.2 cm³/mol. The van der Waals surface area contributed by atoms with Crippen molar-refractivity contribution in [1.29, 1.82) is 0 Å². The maximum absolute atomic E-state index is 14.1. The van der Waals surface area contributed by atoms with Gasteiger partial charge in [-0.1, -0.05) is 0 Å². The first-order chi connectivity index (χ1) is 9.54. The number of hydrogen-bond acceptors (Lipinski definition) is 6. The number of rotatable bonds is 3. The molecule has 1 aliphatic heterocycles. The van der Waals surface area contributed by atoms with Crippen LogP contribution >= 0.6 is 0 Å². The van der Waals surface area contributed by atoms with E-state index >= 15 is 0 Å². The summed E-state index contributed by atoms with van der Waals surface area (Å²) in [5, 5.41) is 0. The Morgan fingerprint density at radius 2 is 2.10 bits per heavy atom. The van der Waals surface area contributed by atoms with Crippen molar-refractivity contribution in [3.05, 3.63) is 22.0 Å². The molecule has 0 saturated carbocycles. The molecule has 20 heavy (non-hydrogen) atoms. The average Bonchev–Trinajstić information content (AvgIpc) is 2.48. The van der Waals surface area contributed by atoms with Crippen molar-refractivity contribution in [3.8, 4) is 0 Å². The SMILES string of the molecule is COC(=O)Cc1nc(N2CCOCC2)c(F)c(=O)n1C. The van der Waals surface area contributed by atoms with E-state index in [0.717, 1.165) is 4.57 Å². The van der Waals surface area contributed by atoms with Crippen molar-refractivity contribution in [1.82, 2.24) is 9.55 Å². The van der Waals surface area contributed by atoms with Crippen LogP contribution in [0.15, 0.2) is 4.79 Å². The maximum Gasteiger partial charge on any atom is 0.313 e. The summed E-state index contributed by atoms with van der Waals surface area (Å²) < 4.78 is 24.8. The monoisotopic (exact) mass is 285 g/mol. The Kier molecular flexibility index (Phi) is 4.33. The van der Waals surface area contributed by atoms with Gasteiger partial charge in [0.25, 0.3) is 5.56 Å². The van der Waals surface area contributed by atoms with Crippen molar-refractivity contribution in [2.75, 3.05) is 38.3 Å². The van der Waals surface area contributed by atoms with Gasteiger partial charge in [0.1, 0.15) is 12.2 Å². The van der Waals surface area contributed by atoms with E-state index in [1.807, 2.05) is 0 Å². The highest BCUT2D eigenvalue weighted by molar-refractivity contribution is 5.71. The molecule has 1 saturated heterocycles. The topological polar surface area (TPSA) is 73.7 Å². The van der Waals surface area contributed by atoms with E-state index in [2.05, 4.69) is 9.72 Å². The van der Waals surface area contributed by atoms with E-state index in [1.165, 1.54) is 14.2 Å². The number of hydrogen-bond donors (Lipinski definition) is 0. The normalized spacial score (nSPS) is 15.2. The van der Waals surface area contributed by atoms with Gasteiger partial charge in [0.2, 0.25) is 5.82 Å². The van der Waals surface area contributed by atoms with Crippen LogP contribution in [0.3, 0.4) is 0 Å². The van der Waals surface area contributed by atoms with E-state index in [-0.39, 0.29) is 18.1 Å². The molecule has 0 unspecified atom stereocenters. The fourth-order valence-corrected chi connectivity index (χ4v) is 1.95. The fraction of sp³-hybridized carbons (Fsp3) is 0.583. The summed E-state index contributed by atoms with van der Waals surface area (Å²) in [5.74, 6) is -1.31. The van der Waals surface area contributed by atoms with E-state index in [9.17, 15) is 14.0 Å². The first-order valence-corrected chi connectivity index (χ1v) is 6.19. The molecule has 8 heteroatoms. The molecule has 0 spiro atoms. The summed E-state index contributed by atoms with van der Waals surface area (Å²) in [7, 11) is 2.62. The zero-order chi connectivity index (χ0) is 14.7. The molecule has 1 fully saturated rings. The predicted octanol–water partition coefficient (Wildman–Crippen LogP) is -0.529. The third-order valence-corrected chi connectivity index (χ3v) is 3.15. The molecule has 0 atom stereocenters. The molecular formula is C12H16FN3O4. The van der Waals surface area contributed by atoms with Crippen LogP contribution in [0.1, 0.15) is 5.82 Å². The highest BCUT2D eigenvalue weighted by Gasteiger charge is 2.22. The Morgan fingerprint density at radius 1 is 1.45 bits per heavy atom. The van der Waals surface area contributed by atoms with Crippen molar-refractivity contribution in [2.45, 2.75) is 6.42 Å². The summed E-state index contributed by atoms with van der Waals surface area (Å²) in [6.07, 6.45) is -0.181. The smallest absolute Gasteiger partial charge is 0.313 e. The lowest BCUT2D eigenvalue weighted by Gasteiger charge is -2.28. The van der Waals surface area contributed by atoms with E-state index in [1.54, 1.807) is 4.90 Å². The molecule has 0 bridgehead atoms. The van der Waals surface area contributed by atoms with Gasteiger partial charge in [0.15, 0.2) is 5.82 Å². The Balaban J connectivity index is 2.41. The van der Waals surface area contributed by atoms with Crippen LogP contribution in [0, 0.1) is 5.82 Å². The lowest BCUT2D eigenvalue weighted by atomic mass is 10.3. The molecule has 0 aliphatic carbocycles. The molecule has 2 rings (SSSR count). The lowest BCUT2D eigenvalue weighted by molar-refractivity contribution is -0.140. The molecular weight excluding hydrogens is 269 g/mol. The Bertz CT molecular complexity index is 567. The molecule has 0 aromatic carbocycles. The van der Waals surface area contributed by atoms with Crippen molar-refractivity contribution in [2.24, 2.45) is 7.05 Å². The Hall–Kier alpha value is -1.96. The van der Waals surface area contributed by atoms with Gasteiger partial charge in [-0.25, -0.2) is 4.98 Å². The quantitative estimate of drug-likeness (QED) is 0.695. The van der Waals surface area contributed by atoms with Crippen molar-refractivity contribution >= 4 is 11.8 Å². The maximum atomic E-state index is 14.1. The van der Waals surface area contributed by atoms with Crippen LogP contribution in [0.5, 0.6) is 0 Å². The molecule has 2 heterocycles. The highest BCUT2D eigenvalue weighted by Crippen LogP contribution is 2.15. The van der Waals surface area contributed by atoms with Crippen LogP contribution in [0.25, 0.3) is 0 Å². The van der Waals surface area contributed by atoms with Crippen LogP contribution in [-0.4, -0.2) is 48.9 Å². The van der Waals surface area contributed by atoms with Gasteiger partial charge in [-0.15, -0.1) is 0 Å². The highest BCUT2D eigenvalue weighted by atomic mass is 19.1. The number of carbonyl (C=O) groups is 1. The number of nitrogens with zero attached hydrogens (tertiary/aromatic N) is 3. The molecule has 0 N–H and O–H groups in total. The van der Waals surface area contributed by atoms with Crippen LogP contribution in [0.2, 0.25) is 0 Å². The van der Waals surface area contributed by atoms with Gasteiger partial charge in [0.05, 0.1) is 20.3 Å². The molecule has 0 radical (unpaired) electrons. The number of halogens is 1. The van der Waals surface area contributed by atoms with E-state index < -0.39 is 17.3 Å². The number of ether oxygens (including phenoxy) is 2. The van der Waals surface area contributed by atoms with Gasteiger partial charge in [-0.05, 0) is 0 Å². The summed E-state index contributed by atoms with van der Waals surface area (Å²) in [6, 6.07) is 0. The van der Waals surface area contributed by atoms with Gasteiger partial charge < -0.3 is 14.4 Å². The summed E-state index contributed by atoms with van der Waals surface area (Å²) >= 11 is 0. The van der Waals surface area contributed by atoms with Gasteiger partial charge in [-0.2, -0.15) is 4.39 Å². The molecule has 1 aromatic heterocycles. The van der Waals surface area contributed by atoms with Gasteiger partial charge >= 0.3 is 5.97 Å². The van der Waals surface area contributed by atoms with E-state index in [0.29, 0.717) is 26.3 Å². The number of methoxy groups -OCH3 is 1. The molecule has 0 amide bonds. The minimum absolute atomic E-state index is 0.0321. The fourth-order valence-electron chi connectivity index (χ4n) is 1.95. The summed E-state index contributed by atoms with van der Waals surface area (Å²) in [6.45, 7) is 1.80. The van der Waals surface area contributed by atoms with Crippen LogP contribution < -0.4 is 10.5 Å². The first-order valence-electron chi connectivity index (χ1n) is 6.19. The molecule has 1 aromatic rings. The van der Waals surface area contributed by atoms with E-state index in [4.69, 9.17) is 4.74 Å². The van der Waals surface area contributed by atoms with Gasteiger partial charge in [-0.3, -0.25) is 14.2 Å². The third-order valence-electron chi connectivity index (χ3n) is 3.15. The number of anilines is 1. The summed E-state index contributed by atoms with van der Waals surface area (Å²) in [4.78, 5) is 28.9. The largest absolute Gasteiger partial charge is 0.469 e. The second kappa shape index (κ2) is 6.00. The van der Waals surface area contributed by atoms with Crippen LogP contribution in [-0.2, 0) is 27.7 Å². The Labute approximate surface area is 114 Å². The molecule has 7 nitrogen and oxygen atoms in total. The first kappa shape index (κ1) is 14.4. The molecule has 1 aliphatic rings. The standard InChI is InChI=1S/C12H16FN3O4/c1-15-8(7-9(17)19-2)14-11(10(13)12(15)18)16-3-5-20-6-4-16/h3-7H2,1-2H3. The minimum Gasteiger partial charge on any atom is -0.469 e. The number of aromatic nitrogens is 2. The van der Waals surface area contributed by atoms with Gasteiger partial charge in [0, 0.05) is 20.1 Å². The molecule has 110 valence electrons.